The highest BCUT2D eigenvalue weighted by Crippen LogP contribution is 2.09. The maximum Gasteiger partial charge on any atom is 0.233 e. The van der Waals surface area contributed by atoms with Crippen LogP contribution in [0.3, 0.4) is 0 Å². The highest BCUT2D eigenvalue weighted by atomic mass is 32.2. The number of nitrogens with two attached hydrogens (primary N) is 1. The summed E-state index contributed by atoms with van der Waals surface area (Å²) in [5, 5.41) is 2.69. The zero-order chi connectivity index (χ0) is 13.4. The number of methoxy groups -OCH3 is 1. The first-order chi connectivity index (χ1) is 8.63. The van der Waals surface area contributed by atoms with Gasteiger partial charge in [0.1, 0.15) is 5.75 Å². The van der Waals surface area contributed by atoms with Crippen LogP contribution in [0.15, 0.2) is 29.2 Å². The molecule has 1 aromatic carbocycles. The SMILES string of the molecule is COCCCNC(=O)CS(=O)c1ccc(N)cc1. The van der Waals surface area contributed by atoms with Crippen LogP contribution in [0.2, 0.25) is 0 Å². The number of hydrogen-bond donors (Lipinski definition) is 2. The zero-order valence-corrected chi connectivity index (χ0v) is 11.2. The molecule has 0 bridgehead atoms. The van der Waals surface area contributed by atoms with Gasteiger partial charge in [-0.05, 0) is 30.7 Å². The Balaban J connectivity index is 2.35. The van der Waals surface area contributed by atoms with Crippen molar-refractivity contribution < 1.29 is 13.7 Å². The maximum atomic E-state index is 11.8. The number of carbonyl (C=O) groups excluding carboxylic acids is 1. The third-order valence-electron chi connectivity index (χ3n) is 2.25. The maximum absolute atomic E-state index is 11.8. The minimum Gasteiger partial charge on any atom is -0.399 e. The van der Waals surface area contributed by atoms with Gasteiger partial charge in [-0.3, -0.25) is 9.00 Å². The molecule has 0 aliphatic rings. The molecule has 0 aromatic heterocycles. The molecular weight excluding hydrogens is 252 g/mol. The number of rotatable bonds is 7. The van der Waals surface area contributed by atoms with Crippen LogP contribution in [0.5, 0.6) is 0 Å². The van der Waals surface area contributed by atoms with Crippen molar-refractivity contribution in [2.24, 2.45) is 0 Å². The highest BCUT2D eigenvalue weighted by molar-refractivity contribution is 7.85. The number of anilines is 1. The van der Waals surface area contributed by atoms with Crippen molar-refractivity contribution in [1.29, 1.82) is 0 Å². The van der Waals surface area contributed by atoms with E-state index in [2.05, 4.69) is 5.32 Å². The van der Waals surface area contributed by atoms with Gasteiger partial charge in [-0.25, -0.2) is 0 Å². The quantitative estimate of drug-likeness (QED) is 0.559. The van der Waals surface area contributed by atoms with Crippen LogP contribution in [0.25, 0.3) is 0 Å². The van der Waals surface area contributed by atoms with Crippen molar-refractivity contribution in [2.75, 3.05) is 31.7 Å². The summed E-state index contributed by atoms with van der Waals surface area (Å²) in [5.74, 6) is -0.252. The van der Waals surface area contributed by atoms with Crippen molar-refractivity contribution in [2.45, 2.75) is 11.3 Å². The molecule has 1 atom stereocenters. The van der Waals surface area contributed by atoms with Crippen LogP contribution in [-0.2, 0) is 20.3 Å². The standard InChI is InChI=1S/C12H18N2O3S/c1-17-8-2-7-14-12(15)9-18(16)11-5-3-10(13)4-6-11/h3-6H,2,7-9,13H2,1H3,(H,14,15). The molecule has 1 amide bonds. The predicted octanol–water partition coefficient (Wildman–Crippen LogP) is 0.529. The number of ether oxygens (including phenoxy) is 1. The molecular formula is C12H18N2O3S. The summed E-state index contributed by atoms with van der Waals surface area (Å²) >= 11 is 0. The number of hydrogen-bond acceptors (Lipinski definition) is 4. The zero-order valence-electron chi connectivity index (χ0n) is 10.3. The first kappa shape index (κ1) is 14.7. The number of amides is 1. The molecule has 1 aromatic rings. The summed E-state index contributed by atoms with van der Waals surface area (Å²) in [6.07, 6.45) is 0.747. The predicted molar refractivity (Wildman–Crippen MR) is 71.6 cm³/mol. The first-order valence-corrected chi connectivity index (χ1v) is 6.95. The topological polar surface area (TPSA) is 81.4 Å². The molecule has 6 heteroatoms. The summed E-state index contributed by atoms with van der Waals surface area (Å²) in [6, 6.07) is 6.68. The van der Waals surface area contributed by atoms with Gasteiger partial charge in [0.2, 0.25) is 5.91 Å². The molecule has 5 nitrogen and oxygen atoms in total. The largest absolute Gasteiger partial charge is 0.399 e. The van der Waals surface area contributed by atoms with Gasteiger partial charge in [0.05, 0.1) is 10.8 Å². The van der Waals surface area contributed by atoms with Crippen molar-refractivity contribution in [3.05, 3.63) is 24.3 Å². The molecule has 3 N–H and O–H groups in total. The van der Waals surface area contributed by atoms with E-state index in [0.717, 1.165) is 6.42 Å². The third-order valence-corrected chi connectivity index (χ3v) is 3.57. The summed E-state index contributed by atoms with van der Waals surface area (Å²) < 4.78 is 16.7. The summed E-state index contributed by atoms with van der Waals surface area (Å²) in [4.78, 5) is 12.1. The summed E-state index contributed by atoms with van der Waals surface area (Å²) in [7, 11) is 0.281. The van der Waals surface area contributed by atoms with E-state index in [1.807, 2.05) is 0 Å². The van der Waals surface area contributed by atoms with E-state index in [4.69, 9.17) is 10.5 Å². The van der Waals surface area contributed by atoms with Crippen LogP contribution in [0.1, 0.15) is 6.42 Å². The number of benzene rings is 1. The van der Waals surface area contributed by atoms with Crippen LogP contribution in [0, 0.1) is 0 Å². The lowest BCUT2D eigenvalue weighted by molar-refractivity contribution is -0.118. The van der Waals surface area contributed by atoms with Gasteiger partial charge in [0.15, 0.2) is 0 Å². The van der Waals surface area contributed by atoms with Crippen LogP contribution >= 0.6 is 0 Å². The van der Waals surface area contributed by atoms with Gasteiger partial charge in [-0.2, -0.15) is 0 Å². The van der Waals surface area contributed by atoms with Gasteiger partial charge in [-0.1, -0.05) is 0 Å². The fourth-order valence-corrected chi connectivity index (χ4v) is 2.26. The number of carbonyl (C=O) groups is 1. The van der Waals surface area contributed by atoms with Gasteiger partial charge in [-0.15, -0.1) is 0 Å². The van der Waals surface area contributed by atoms with Gasteiger partial charge in [0.25, 0.3) is 0 Å². The van der Waals surface area contributed by atoms with Crippen molar-refractivity contribution in [1.82, 2.24) is 5.32 Å². The molecule has 0 radical (unpaired) electrons. The Labute approximate surface area is 109 Å². The van der Waals surface area contributed by atoms with Crippen LogP contribution in [-0.4, -0.2) is 36.1 Å². The molecule has 0 aliphatic heterocycles. The monoisotopic (exact) mass is 270 g/mol. The normalized spacial score (nSPS) is 12.1. The van der Waals surface area contributed by atoms with Crippen molar-refractivity contribution in [3.63, 3.8) is 0 Å². The smallest absolute Gasteiger partial charge is 0.233 e. The van der Waals surface area contributed by atoms with Crippen molar-refractivity contribution >= 4 is 22.4 Å². The second-order valence-corrected chi connectivity index (χ2v) is 5.21. The van der Waals surface area contributed by atoms with Crippen molar-refractivity contribution in [3.8, 4) is 0 Å². The lowest BCUT2D eigenvalue weighted by Crippen LogP contribution is -2.29. The first-order valence-electron chi connectivity index (χ1n) is 5.63. The molecule has 0 spiro atoms. The van der Waals surface area contributed by atoms with E-state index in [-0.39, 0.29) is 11.7 Å². The Morgan fingerprint density at radius 3 is 2.67 bits per heavy atom. The fourth-order valence-electron chi connectivity index (χ4n) is 1.32. The Morgan fingerprint density at radius 2 is 2.06 bits per heavy atom. The third kappa shape index (κ3) is 5.29. The Kier molecular flexibility index (Phi) is 6.38. The summed E-state index contributed by atoms with van der Waals surface area (Å²) in [5.41, 5.74) is 6.14. The molecule has 0 fully saturated rings. The minimum atomic E-state index is -1.33. The van der Waals surface area contributed by atoms with E-state index in [9.17, 15) is 9.00 Å². The average molecular weight is 270 g/mol. The Hall–Kier alpha value is -1.40. The van der Waals surface area contributed by atoms with E-state index in [1.165, 1.54) is 0 Å². The number of nitrogens with one attached hydrogen (secondary N) is 1. The van der Waals surface area contributed by atoms with Gasteiger partial charge < -0.3 is 15.8 Å². The number of nitrogen functional groups attached to an aromatic ring is 1. The molecule has 1 unspecified atom stereocenters. The van der Waals surface area contributed by atoms with E-state index in [1.54, 1.807) is 31.4 Å². The molecule has 0 aliphatic carbocycles. The Morgan fingerprint density at radius 1 is 1.39 bits per heavy atom. The lowest BCUT2D eigenvalue weighted by atomic mass is 10.3. The average Bonchev–Trinajstić information content (AvgIpc) is 2.35. The molecule has 1 rings (SSSR count). The summed E-state index contributed by atoms with van der Waals surface area (Å²) in [6.45, 7) is 1.13. The Bertz CT molecular complexity index is 406. The minimum absolute atomic E-state index is 0.0309. The molecule has 18 heavy (non-hydrogen) atoms. The second kappa shape index (κ2) is 7.84. The van der Waals surface area contributed by atoms with Gasteiger partial charge >= 0.3 is 0 Å². The van der Waals surface area contributed by atoms with E-state index in [0.29, 0.717) is 23.7 Å². The molecule has 0 saturated carbocycles. The molecule has 100 valence electrons. The van der Waals surface area contributed by atoms with E-state index >= 15 is 0 Å². The van der Waals surface area contributed by atoms with Gasteiger partial charge in [0, 0.05) is 30.8 Å². The molecule has 0 saturated heterocycles. The lowest BCUT2D eigenvalue weighted by Gasteiger charge is -2.05. The van der Waals surface area contributed by atoms with Crippen LogP contribution in [0.4, 0.5) is 5.69 Å². The fraction of sp³-hybridized carbons (Fsp3) is 0.417. The second-order valence-electron chi connectivity index (χ2n) is 3.76. The van der Waals surface area contributed by atoms with Crippen LogP contribution < -0.4 is 11.1 Å². The molecule has 0 heterocycles. The van der Waals surface area contributed by atoms with E-state index < -0.39 is 10.8 Å². The highest BCUT2D eigenvalue weighted by Gasteiger charge is 2.09.